The normalized spacial score (nSPS) is 19.2. The summed E-state index contributed by atoms with van der Waals surface area (Å²) < 4.78 is 31.8. The molecule has 1 amide bonds. The molecule has 0 saturated heterocycles. The number of hydrogen-bond acceptors (Lipinski definition) is 5. The molecular weight excluding hydrogens is 306 g/mol. The Labute approximate surface area is 128 Å². The van der Waals surface area contributed by atoms with E-state index in [1.807, 2.05) is 0 Å². The molecule has 0 atom stereocenters. The summed E-state index contributed by atoms with van der Waals surface area (Å²) in [5.41, 5.74) is 0.479. The summed E-state index contributed by atoms with van der Waals surface area (Å²) in [4.78, 5) is 15.6. The number of furan rings is 1. The molecule has 8 heteroatoms. The molecule has 0 fully saturated rings. The van der Waals surface area contributed by atoms with Gasteiger partial charge >= 0.3 is 0 Å². The van der Waals surface area contributed by atoms with E-state index in [9.17, 15) is 13.2 Å². The monoisotopic (exact) mass is 321 g/mol. The van der Waals surface area contributed by atoms with Gasteiger partial charge in [-0.05, 0) is 24.3 Å². The van der Waals surface area contributed by atoms with E-state index in [0.717, 1.165) is 0 Å². The third-order valence-corrected chi connectivity index (χ3v) is 4.55. The second-order valence-corrected chi connectivity index (χ2v) is 6.84. The molecule has 0 saturated carbocycles. The summed E-state index contributed by atoms with van der Waals surface area (Å²) in [7, 11) is -1.70. The van der Waals surface area contributed by atoms with E-state index in [2.05, 4.69) is 4.40 Å². The van der Waals surface area contributed by atoms with Crippen LogP contribution in [0.1, 0.15) is 5.76 Å². The summed E-state index contributed by atoms with van der Waals surface area (Å²) in [5, 5.41) is 0. The number of fused-ring (bicyclic) bond motifs is 1. The molecule has 1 aromatic heterocycles. The van der Waals surface area contributed by atoms with Gasteiger partial charge < -0.3 is 14.2 Å². The minimum atomic E-state index is -3.38. The van der Waals surface area contributed by atoms with Crippen LogP contribution in [0.3, 0.4) is 0 Å². The topological polar surface area (TPSA) is 83.2 Å². The van der Waals surface area contributed by atoms with Gasteiger partial charge in [0.2, 0.25) is 0 Å². The van der Waals surface area contributed by atoms with Crippen LogP contribution in [0.4, 0.5) is 0 Å². The molecule has 116 valence electrons. The van der Waals surface area contributed by atoms with E-state index in [1.54, 1.807) is 48.7 Å². The lowest BCUT2D eigenvalue weighted by Crippen LogP contribution is -2.38. The standard InChI is InChI=1S/C14H15N3O4S/c1-16(10-12-3-2-7-21-12)14(18)11-4-5-13-15-22(19,20)8-6-17(13)9-11/h2-5,7,9H,6,8,10H2,1H3. The fourth-order valence-corrected chi connectivity index (χ4v) is 3.23. The molecule has 3 rings (SSSR count). The maximum atomic E-state index is 12.4. The van der Waals surface area contributed by atoms with E-state index in [4.69, 9.17) is 4.42 Å². The summed E-state index contributed by atoms with van der Waals surface area (Å²) in [6.45, 7) is 0.663. The van der Waals surface area contributed by atoms with Crippen molar-refractivity contribution in [2.24, 2.45) is 4.40 Å². The van der Waals surface area contributed by atoms with Gasteiger partial charge in [0.25, 0.3) is 15.9 Å². The van der Waals surface area contributed by atoms with E-state index in [1.165, 1.54) is 4.90 Å². The van der Waals surface area contributed by atoms with Gasteiger partial charge in [-0.3, -0.25) is 4.79 Å². The Morgan fingerprint density at radius 1 is 1.45 bits per heavy atom. The predicted octanol–water partition coefficient (Wildman–Crippen LogP) is 0.736. The molecule has 0 aliphatic carbocycles. The fraction of sp³-hybridized carbons (Fsp3) is 0.286. The number of rotatable bonds is 3. The Morgan fingerprint density at radius 2 is 2.27 bits per heavy atom. The Balaban J connectivity index is 1.75. The molecule has 3 heterocycles. The van der Waals surface area contributed by atoms with Gasteiger partial charge in [-0.2, -0.15) is 0 Å². The second kappa shape index (κ2) is 5.45. The van der Waals surface area contributed by atoms with Crippen molar-refractivity contribution in [2.45, 2.75) is 6.54 Å². The highest BCUT2D eigenvalue weighted by Crippen LogP contribution is 2.17. The Hall–Kier alpha value is -2.35. The van der Waals surface area contributed by atoms with Gasteiger partial charge in [-0.1, -0.05) is 0 Å². The van der Waals surface area contributed by atoms with Crippen LogP contribution in [0.25, 0.3) is 0 Å². The Kier molecular flexibility index (Phi) is 3.61. The first-order valence-electron chi connectivity index (χ1n) is 6.72. The van der Waals surface area contributed by atoms with E-state index < -0.39 is 10.0 Å². The molecule has 0 radical (unpaired) electrons. The molecular formula is C14H15N3O4S. The number of sulfonamides is 1. The SMILES string of the molecule is CN(Cc1ccco1)C(=O)C1=CN2CCS(=O)(=O)N=C2C=C1. The van der Waals surface area contributed by atoms with Gasteiger partial charge in [0.15, 0.2) is 0 Å². The van der Waals surface area contributed by atoms with Crippen LogP contribution in [-0.4, -0.2) is 49.3 Å². The van der Waals surface area contributed by atoms with Crippen molar-refractivity contribution in [1.29, 1.82) is 0 Å². The average Bonchev–Trinajstić information content (AvgIpc) is 2.98. The number of likely N-dealkylation sites (N-methyl/N-ethyl adjacent to an activating group) is 1. The average molecular weight is 321 g/mol. The van der Waals surface area contributed by atoms with Crippen LogP contribution in [0.15, 0.2) is 51.1 Å². The van der Waals surface area contributed by atoms with Crippen LogP contribution < -0.4 is 0 Å². The molecule has 0 bridgehead atoms. The van der Waals surface area contributed by atoms with Crippen LogP contribution >= 0.6 is 0 Å². The first-order valence-corrected chi connectivity index (χ1v) is 8.32. The van der Waals surface area contributed by atoms with Gasteiger partial charge in [-0.15, -0.1) is 4.40 Å². The van der Waals surface area contributed by atoms with Crippen LogP contribution in [0, 0.1) is 0 Å². The van der Waals surface area contributed by atoms with E-state index >= 15 is 0 Å². The fourth-order valence-electron chi connectivity index (χ4n) is 2.26. The maximum absolute atomic E-state index is 12.4. The summed E-state index contributed by atoms with van der Waals surface area (Å²) in [6, 6.07) is 3.57. The molecule has 0 unspecified atom stereocenters. The van der Waals surface area contributed by atoms with Gasteiger partial charge in [0, 0.05) is 19.8 Å². The zero-order valence-electron chi connectivity index (χ0n) is 12.0. The summed E-state index contributed by atoms with van der Waals surface area (Å²) in [6.07, 6.45) is 6.32. The Morgan fingerprint density at radius 3 is 3.00 bits per heavy atom. The van der Waals surface area contributed by atoms with Gasteiger partial charge in [0.05, 0.1) is 24.1 Å². The largest absolute Gasteiger partial charge is 0.467 e. The number of carbonyl (C=O) groups excluding carboxylic acids is 1. The van der Waals surface area contributed by atoms with Crippen molar-refractivity contribution in [3.63, 3.8) is 0 Å². The van der Waals surface area contributed by atoms with Crippen molar-refractivity contribution in [2.75, 3.05) is 19.3 Å². The number of amidine groups is 1. The Bertz CT molecular complexity index is 775. The highest BCUT2D eigenvalue weighted by atomic mass is 32.2. The van der Waals surface area contributed by atoms with E-state index in [0.29, 0.717) is 30.3 Å². The smallest absolute Gasteiger partial charge is 0.256 e. The minimum absolute atomic E-state index is 0.0510. The third kappa shape index (κ3) is 2.96. The van der Waals surface area contributed by atoms with Crippen LogP contribution in [-0.2, 0) is 21.4 Å². The van der Waals surface area contributed by atoms with Crippen molar-refractivity contribution in [3.05, 3.63) is 48.1 Å². The zero-order chi connectivity index (χ0) is 15.7. The molecule has 1 aromatic rings. The number of nitrogens with zero attached hydrogens (tertiary/aromatic N) is 3. The highest BCUT2D eigenvalue weighted by Gasteiger charge is 2.25. The van der Waals surface area contributed by atoms with Crippen molar-refractivity contribution < 1.29 is 17.6 Å². The molecule has 0 aromatic carbocycles. The molecule has 2 aliphatic heterocycles. The summed E-state index contributed by atoms with van der Waals surface area (Å²) >= 11 is 0. The van der Waals surface area contributed by atoms with Crippen LogP contribution in [0.2, 0.25) is 0 Å². The first kappa shape index (κ1) is 14.6. The van der Waals surface area contributed by atoms with Crippen molar-refractivity contribution in [3.8, 4) is 0 Å². The van der Waals surface area contributed by atoms with Gasteiger partial charge in [-0.25, -0.2) is 8.42 Å². The third-order valence-electron chi connectivity index (χ3n) is 3.39. The quantitative estimate of drug-likeness (QED) is 0.820. The summed E-state index contributed by atoms with van der Waals surface area (Å²) in [5.74, 6) is 0.823. The molecule has 0 spiro atoms. The van der Waals surface area contributed by atoms with Crippen molar-refractivity contribution >= 4 is 21.8 Å². The lowest BCUT2D eigenvalue weighted by molar-refractivity contribution is -0.126. The van der Waals surface area contributed by atoms with E-state index in [-0.39, 0.29) is 11.7 Å². The van der Waals surface area contributed by atoms with Crippen LogP contribution in [0.5, 0.6) is 0 Å². The first-order chi connectivity index (χ1) is 10.4. The molecule has 22 heavy (non-hydrogen) atoms. The van der Waals surface area contributed by atoms with Crippen molar-refractivity contribution in [1.82, 2.24) is 9.80 Å². The minimum Gasteiger partial charge on any atom is -0.467 e. The second-order valence-electron chi connectivity index (χ2n) is 5.09. The number of hydrogen-bond donors (Lipinski definition) is 0. The van der Waals surface area contributed by atoms with Gasteiger partial charge in [0.1, 0.15) is 11.6 Å². The lowest BCUT2D eigenvalue weighted by atomic mass is 10.1. The predicted molar refractivity (Wildman–Crippen MR) is 80.3 cm³/mol. The maximum Gasteiger partial charge on any atom is 0.256 e. The molecule has 2 aliphatic rings. The molecule has 0 N–H and O–H groups in total. The lowest BCUT2D eigenvalue weighted by Gasteiger charge is -2.28. The zero-order valence-corrected chi connectivity index (χ0v) is 12.8. The number of carbonyl (C=O) groups is 1. The molecule has 7 nitrogen and oxygen atoms in total. The number of amides is 1. The highest BCUT2D eigenvalue weighted by molar-refractivity contribution is 7.90.